The number of carbonyl (C=O) groups is 2. The summed E-state index contributed by atoms with van der Waals surface area (Å²) in [6.45, 7) is 6.62. The molecule has 6 rings (SSSR count). The second-order valence-corrected chi connectivity index (χ2v) is 10.3. The highest BCUT2D eigenvalue weighted by molar-refractivity contribution is 6.02. The van der Waals surface area contributed by atoms with Crippen molar-refractivity contribution in [2.75, 3.05) is 20.2 Å². The smallest absolute Gasteiger partial charge is 0.334 e. The minimum Gasteiger partial charge on any atom is -0.466 e. The van der Waals surface area contributed by atoms with E-state index in [1.807, 2.05) is 0 Å². The van der Waals surface area contributed by atoms with E-state index in [1.165, 1.54) is 7.11 Å². The van der Waals surface area contributed by atoms with E-state index < -0.39 is 11.5 Å². The van der Waals surface area contributed by atoms with Crippen LogP contribution in [0.1, 0.15) is 46.0 Å². The Balaban J connectivity index is 1.65. The van der Waals surface area contributed by atoms with Gasteiger partial charge in [-0.2, -0.15) is 0 Å². The summed E-state index contributed by atoms with van der Waals surface area (Å²) in [7, 11) is 1.42. The van der Waals surface area contributed by atoms with Crippen molar-refractivity contribution in [2.24, 2.45) is 28.6 Å². The normalized spacial score (nSPS) is 48.9. The van der Waals surface area contributed by atoms with Crippen LogP contribution in [0.25, 0.3) is 0 Å². The summed E-state index contributed by atoms with van der Waals surface area (Å²) >= 11 is 0. The minimum atomic E-state index is -0.642. The zero-order valence-electron chi connectivity index (χ0n) is 17.0. The van der Waals surface area contributed by atoms with E-state index in [4.69, 9.17) is 4.74 Å². The fourth-order valence-electron chi connectivity index (χ4n) is 8.44. The fourth-order valence-corrected chi connectivity index (χ4v) is 8.44. The molecular weight excluding hydrogens is 354 g/mol. The third kappa shape index (κ3) is 1.62. The highest BCUT2D eigenvalue weighted by atomic mass is 16.5. The first-order chi connectivity index (χ1) is 13.3. The zero-order valence-corrected chi connectivity index (χ0v) is 17.0. The van der Waals surface area contributed by atoms with Gasteiger partial charge in [0.1, 0.15) is 5.78 Å². The number of ether oxygens (including phenoxy) is 1. The summed E-state index contributed by atoms with van der Waals surface area (Å²) in [5.41, 5.74) is 2.92. The molecule has 5 heteroatoms. The molecule has 0 aromatic rings. The molecule has 5 nitrogen and oxygen atoms in total. The van der Waals surface area contributed by atoms with Crippen LogP contribution in [0.3, 0.4) is 0 Å². The van der Waals surface area contributed by atoms with Crippen molar-refractivity contribution >= 4 is 11.8 Å². The number of nitrogens with zero attached hydrogens (tertiary/aromatic N) is 1. The number of ketones is 1. The molecule has 1 saturated carbocycles. The monoisotopic (exact) mass is 383 g/mol. The molecule has 2 saturated heterocycles. The molecule has 6 aliphatic rings. The van der Waals surface area contributed by atoms with Gasteiger partial charge in [-0.05, 0) is 54.2 Å². The third-order valence-corrected chi connectivity index (χ3v) is 9.65. The number of esters is 1. The van der Waals surface area contributed by atoms with Gasteiger partial charge < -0.3 is 9.84 Å². The van der Waals surface area contributed by atoms with E-state index in [0.29, 0.717) is 42.1 Å². The van der Waals surface area contributed by atoms with Crippen molar-refractivity contribution in [3.05, 3.63) is 22.3 Å². The molecule has 4 aliphatic carbocycles. The summed E-state index contributed by atoms with van der Waals surface area (Å²) in [5, 5.41) is 10.9. The van der Waals surface area contributed by atoms with E-state index >= 15 is 0 Å². The first-order valence-corrected chi connectivity index (χ1v) is 10.8. The second kappa shape index (κ2) is 5.17. The number of fused-ring (bicyclic) bond motifs is 1. The van der Waals surface area contributed by atoms with Gasteiger partial charge in [0.25, 0.3) is 0 Å². The Morgan fingerprint density at radius 3 is 2.86 bits per heavy atom. The number of piperidine rings is 1. The van der Waals surface area contributed by atoms with Crippen LogP contribution in [0.2, 0.25) is 0 Å². The lowest BCUT2D eigenvalue weighted by atomic mass is 9.45. The van der Waals surface area contributed by atoms with Crippen LogP contribution in [-0.2, 0) is 14.3 Å². The average Bonchev–Trinajstić information content (AvgIpc) is 3.24. The molecule has 150 valence electrons. The second-order valence-electron chi connectivity index (χ2n) is 10.3. The quantitative estimate of drug-likeness (QED) is 0.704. The summed E-state index contributed by atoms with van der Waals surface area (Å²) in [4.78, 5) is 29.6. The molecule has 1 spiro atoms. The van der Waals surface area contributed by atoms with Crippen LogP contribution in [0.15, 0.2) is 22.3 Å². The number of methoxy groups -OCH3 is 1. The lowest BCUT2D eigenvalue weighted by Gasteiger charge is -2.59. The largest absolute Gasteiger partial charge is 0.466 e. The third-order valence-electron chi connectivity index (χ3n) is 9.65. The maximum absolute atomic E-state index is 14.3. The van der Waals surface area contributed by atoms with E-state index in [1.54, 1.807) is 0 Å². The van der Waals surface area contributed by atoms with Crippen molar-refractivity contribution in [1.29, 1.82) is 0 Å². The van der Waals surface area contributed by atoms with E-state index in [-0.39, 0.29) is 17.3 Å². The first-order valence-electron chi connectivity index (χ1n) is 10.8. The molecule has 0 aromatic heterocycles. The number of aliphatic hydroxyl groups is 1. The molecule has 2 heterocycles. The number of rotatable bonds is 1. The Hall–Kier alpha value is -1.46. The zero-order chi connectivity index (χ0) is 19.6. The molecule has 1 unspecified atom stereocenters. The number of allylic oxidation sites excluding steroid dienone is 1. The summed E-state index contributed by atoms with van der Waals surface area (Å²) in [6, 6.07) is 0.402. The van der Waals surface area contributed by atoms with Gasteiger partial charge >= 0.3 is 5.97 Å². The molecule has 3 fully saturated rings. The van der Waals surface area contributed by atoms with Crippen LogP contribution < -0.4 is 0 Å². The van der Waals surface area contributed by atoms with Crippen molar-refractivity contribution in [3.8, 4) is 0 Å². The molecule has 2 bridgehead atoms. The maximum atomic E-state index is 14.3. The number of carbonyl (C=O) groups excluding carboxylic acids is 2. The molecule has 0 radical (unpaired) electrons. The molecule has 2 aliphatic heterocycles. The van der Waals surface area contributed by atoms with E-state index in [0.717, 1.165) is 49.1 Å². The number of hydrogen-bond donors (Lipinski definition) is 1. The van der Waals surface area contributed by atoms with E-state index in [9.17, 15) is 14.7 Å². The summed E-state index contributed by atoms with van der Waals surface area (Å²) in [5.74, 6) is 0.888. The summed E-state index contributed by atoms with van der Waals surface area (Å²) < 4.78 is 5.13. The van der Waals surface area contributed by atoms with Gasteiger partial charge in [0, 0.05) is 42.5 Å². The lowest BCUT2D eigenvalue weighted by Crippen LogP contribution is -2.65. The topological polar surface area (TPSA) is 66.8 Å². The Labute approximate surface area is 165 Å². The average molecular weight is 383 g/mol. The van der Waals surface area contributed by atoms with Crippen molar-refractivity contribution < 1.29 is 19.4 Å². The number of aliphatic hydroxyl groups excluding tert-OH is 1. The van der Waals surface area contributed by atoms with Gasteiger partial charge in [-0.25, -0.2) is 4.79 Å². The van der Waals surface area contributed by atoms with Gasteiger partial charge in [-0.3, -0.25) is 9.69 Å². The van der Waals surface area contributed by atoms with E-state index in [2.05, 4.69) is 18.7 Å². The Bertz CT molecular complexity index is 887. The Morgan fingerprint density at radius 2 is 2.11 bits per heavy atom. The van der Waals surface area contributed by atoms with Crippen LogP contribution >= 0.6 is 0 Å². The molecule has 0 aromatic carbocycles. The molecule has 1 N–H and O–H groups in total. The van der Waals surface area contributed by atoms with Crippen molar-refractivity contribution in [1.82, 2.24) is 4.90 Å². The highest BCUT2D eigenvalue weighted by Crippen LogP contribution is 2.73. The molecular formula is C23H29NO4. The van der Waals surface area contributed by atoms with Gasteiger partial charge in [0.15, 0.2) is 0 Å². The van der Waals surface area contributed by atoms with Gasteiger partial charge in [-0.15, -0.1) is 0 Å². The van der Waals surface area contributed by atoms with Gasteiger partial charge in [0.05, 0.1) is 18.6 Å². The molecule has 7 atom stereocenters. The SMILES string of the molecule is COC(=O)C1=C2C[C@@H](O)C3=C2[C@@]2(C1)C(=O)[C@@H]1CC4N(C[C@@H](CC3)[C@]42C)C[C@H]1C. The van der Waals surface area contributed by atoms with Crippen LogP contribution in [-0.4, -0.2) is 54.1 Å². The molecule has 0 amide bonds. The van der Waals surface area contributed by atoms with Crippen molar-refractivity contribution in [2.45, 2.75) is 58.1 Å². The lowest BCUT2D eigenvalue weighted by molar-refractivity contribution is -0.156. The van der Waals surface area contributed by atoms with Gasteiger partial charge in [0.2, 0.25) is 0 Å². The summed E-state index contributed by atoms with van der Waals surface area (Å²) in [6.07, 6.45) is 3.26. The minimum absolute atomic E-state index is 0.0657. The van der Waals surface area contributed by atoms with Crippen LogP contribution in [0.4, 0.5) is 0 Å². The number of Topliss-reactive ketones (excluding diaryl/α,β-unsaturated/α-hetero) is 1. The fraction of sp³-hybridized carbons (Fsp3) is 0.739. The Morgan fingerprint density at radius 1 is 1.32 bits per heavy atom. The van der Waals surface area contributed by atoms with Gasteiger partial charge in [-0.1, -0.05) is 13.8 Å². The van der Waals surface area contributed by atoms with Crippen LogP contribution in [0.5, 0.6) is 0 Å². The van der Waals surface area contributed by atoms with Crippen molar-refractivity contribution in [3.63, 3.8) is 0 Å². The first kappa shape index (κ1) is 17.4. The highest BCUT2D eigenvalue weighted by Gasteiger charge is 2.75. The number of hydrogen-bond acceptors (Lipinski definition) is 5. The predicted molar refractivity (Wildman–Crippen MR) is 102 cm³/mol. The standard InChI is InChI=1S/C23H29NO4/c1-11-9-24-10-12-4-5-13-17(25)6-15-16(21(27)28-3)8-23(19(13)15)20(26)14(11)7-18(24)22(12,23)2/h11-12,14,17-18,25H,4-10H2,1-3H3/t11-,12-,14-,17-,18?,22-,23+/m1/s1. The van der Waals surface area contributed by atoms with Crippen LogP contribution in [0, 0.1) is 28.6 Å². The Kier molecular flexibility index (Phi) is 3.21. The predicted octanol–water partition coefficient (Wildman–Crippen LogP) is 2.25. The maximum Gasteiger partial charge on any atom is 0.334 e. The molecule has 28 heavy (non-hydrogen) atoms.